The van der Waals surface area contributed by atoms with Crippen LogP contribution in [0.2, 0.25) is 0 Å². The molecule has 144 valence electrons. The zero-order chi connectivity index (χ0) is 19.4. The molecule has 1 aliphatic carbocycles. The summed E-state index contributed by atoms with van der Waals surface area (Å²) in [4.78, 5) is 14.5. The summed E-state index contributed by atoms with van der Waals surface area (Å²) in [7, 11) is 0. The predicted molar refractivity (Wildman–Crippen MR) is 99.5 cm³/mol. The van der Waals surface area contributed by atoms with Crippen LogP contribution in [0.5, 0.6) is 5.75 Å². The molecule has 0 saturated heterocycles. The van der Waals surface area contributed by atoms with E-state index in [1.165, 1.54) is 11.8 Å². The largest absolute Gasteiger partial charge is 0.488 e. The number of primary amides is 1. The molecule has 1 fully saturated rings. The molecule has 2 heterocycles. The summed E-state index contributed by atoms with van der Waals surface area (Å²) in [6.07, 6.45) is -1.06. The molecular weight excluding hydrogens is 374 g/mol. The third-order valence-corrected chi connectivity index (χ3v) is 6.38. The van der Waals surface area contributed by atoms with Gasteiger partial charge in [-0.1, -0.05) is 0 Å². The van der Waals surface area contributed by atoms with Gasteiger partial charge >= 0.3 is 0 Å². The van der Waals surface area contributed by atoms with Crippen LogP contribution in [0.1, 0.15) is 25.5 Å². The molecule has 5 nitrogen and oxygen atoms in total. The highest BCUT2D eigenvalue weighted by molar-refractivity contribution is 8.03. The Morgan fingerprint density at radius 1 is 1.33 bits per heavy atom. The Labute approximate surface area is 159 Å². The van der Waals surface area contributed by atoms with E-state index in [9.17, 15) is 13.6 Å². The van der Waals surface area contributed by atoms with Crippen LogP contribution in [0.25, 0.3) is 11.0 Å². The van der Waals surface area contributed by atoms with Gasteiger partial charge in [-0.15, -0.1) is 11.8 Å². The van der Waals surface area contributed by atoms with Crippen LogP contribution in [-0.2, 0) is 4.79 Å². The number of hydrogen-bond donors (Lipinski definition) is 1. The van der Waals surface area contributed by atoms with Crippen LogP contribution in [0.4, 0.5) is 8.78 Å². The van der Waals surface area contributed by atoms with Crippen molar-refractivity contribution in [3.05, 3.63) is 40.6 Å². The molecule has 4 rings (SSSR count). The van der Waals surface area contributed by atoms with Crippen molar-refractivity contribution < 1.29 is 22.7 Å². The quantitative estimate of drug-likeness (QED) is 0.830. The number of rotatable bonds is 5. The van der Waals surface area contributed by atoms with E-state index in [1.807, 2.05) is 38.1 Å². The molecule has 8 heteroatoms. The van der Waals surface area contributed by atoms with Gasteiger partial charge in [-0.25, -0.2) is 8.78 Å². The lowest BCUT2D eigenvalue weighted by molar-refractivity contribution is -0.178. The maximum Gasteiger partial charge on any atom is 0.253 e. The first-order chi connectivity index (χ1) is 12.7. The van der Waals surface area contributed by atoms with Gasteiger partial charge in [0, 0.05) is 28.8 Å². The lowest BCUT2D eigenvalue weighted by Crippen LogP contribution is -2.67. The number of alkyl halides is 2. The van der Waals surface area contributed by atoms with Crippen molar-refractivity contribution in [1.29, 1.82) is 0 Å². The van der Waals surface area contributed by atoms with E-state index in [1.54, 1.807) is 4.90 Å². The normalized spacial score (nSPS) is 20.8. The molecule has 1 aliphatic heterocycles. The Morgan fingerprint density at radius 2 is 2.07 bits per heavy atom. The lowest BCUT2D eigenvalue weighted by atomic mass is 9.71. The minimum Gasteiger partial charge on any atom is -0.488 e. The molecule has 0 atom stereocenters. The highest BCUT2D eigenvalue weighted by Gasteiger charge is 2.64. The summed E-state index contributed by atoms with van der Waals surface area (Å²) in [5.74, 6) is -1.59. The SMILES string of the molecule is CC1=C(COc2ccc3oc(C)cc3c2)SCN1C1(C(N)=O)CC(F)(F)C1. The van der Waals surface area contributed by atoms with Crippen LogP contribution in [0.3, 0.4) is 0 Å². The first-order valence-electron chi connectivity index (χ1n) is 8.61. The van der Waals surface area contributed by atoms with E-state index in [0.717, 1.165) is 27.3 Å². The Hall–Kier alpha value is -2.22. The number of hydrogen-bond acceptors (Lipinski definition) is 5. The monoisotopic (exact) mass is 394 g/mol. The number of carbonyl (C=O) groups excluding carboxylic acids is 1. The van der Waals surface area contributed by atoms with Gasteiger partial charge < -0.3 is 19.8 Å². The molecule has 0 unspecified atom stereocenters. The standard InChI is InChI=1S/C19H20F2N2O3S/c1-11-5-13-6-14(3-4-15(13)26-11)25-7-16-12(2)23(10-27-16)18(17(22)24)8-19(20,21)9-18/h3-6H,7-10H2,1-2H3,(H2,22,24). The number of thioether (sulfide) groups is 1. The Morgan fingerprint density at radius 3 is 2.74 bits per heavy atom. The number of carbonyl (C=O) groups is 1. The number of nitrogens with zero attached hydrogens (tertiary/aromatic N) is 1. The van der Waals surface area contributed by atoms with Gasteiger partial charge in [0.15, 0.2) is 0 Å². The third-order valence-electron chi connectivity index (χ3n) is 5.23. The van der Waals surface area contributed by atoms with Crippen molar-refractivity contribution in [1.82, 2.24) is 4.90 Å². The first kappa shape index (κ1) is 18.2. The van der Waals surface area contributed by atoms with Crippen molar-refractivity contribution in [3.63, 3.8) is 0 Å². The summed E-state index contributed by atoms with van der Waals surface area (Å²) < 4.78 is 38.4. The molecule has 1 amide bonds. The van der Waals surface area contributed by atoms with Crippen molar-refractivity contribution in [2.24, 2.45) is 5.73 Å². The number of allylic oxidation sites excluding steroid dienone is 1. The predicted octanol–water partition coefficient (Wildman–Crippen LogP) is 4.01. The van der Waals surface area contributed by atoms with Crippen LogP contribution >= 0.6 is 11.8 Å². The highest BCUT2D eigenvalue weighted by atomic mass is 32.2. The molecule has 1 aromatic heterocycles. The number of aryl methyl sites for hydroxylation is 1. The summed E-state index contributed by atoms with van der Waals surface area (Å²) in [5.41, 5.74) is 5.75. The van der Waals surface area contributed by atoms with E-state index < -0.39 is 30.2 Å². The topological polar surface area (TPSA) is 68.7 Å². The molecule has 27 heavy (non-hydrogen) atoms. The zero-order valence-corrected chi connectivity index (χ0v) is 15.9. The maximum atomic E-state index is 13.5. The fourth-order valence-corrected chi connectivity index (χ4v) is 4.97. The van der Waals surface area contributed by atoms with E-state index >= 15 is 0 Å². The summed E-state index contributed by atoms with van der Waals surface area (Å²) in [5, 5.41) is 0.959. The lowest BCUT2D eigenvalue weighted by Gasteiger charge is -2.51. The van der Waals surface area contributed by atoms with Crippen molar-refractivity contribution in [2.75, 3.05) is 12.5 Å². The molecule has 0 radical (unpaired) electrons. The molecule has 0 spiro atoms. The summed E-state index contributed by atoms with van der Waals surface area (Å²) >= 11 is 1.49. The number of fused-ring (bicyclic) bond motifs is 1. The maximum absolute atomic E-state index is 13.5. The fourth-order valence-electron chi connectivity index (χ4n) is 3.78. The minimum absolute atomic E-state index is 0.306. The number of halogens is 2. The average Bonchev–Trinajstić information content (AvgIpc) is 3.11. The minimum atomic E-state index is -2.84. The molecular formula is C19H20F2N2O3S. The number of benzene rings is 1. The summed E-state index contributed by atoms with van der Waals surface area (Å²) in [6.45, 7) is 4.01. The fraction of sp³-hybridized carbons (Fsp3) is 0.421. The number of ether oxygens (including phenoxy) is 1. The molecule has 2 N–H and O–H groups in total. The molecule has 2 aliphatic rings. The van der Waals surface area contributed by atoms with Crippen LogP contribution < -0.4 is 10.5 Å². The number of furan rings is 1. The van der Waals surface area contributed by atoms with Crippen LogP contribution in [0, 0.1) is 6.92 Å². The molecule has 1 aromatic carbocycles. The third kappa shape index (κ3) is 3.05. The Kier molecular flexibility index (Phi) is 4.14. The molecule has 0 bridgehead atoms. The van der Waals surface area contributed by atoms with Crippen LogP contribution in [-0.4, -0.2) is 34.8 Å². The number of nitrogens with two attached hydrogens (primary N) is 1. The second-order valence-electron chi connectivity index (χ2n) is 7.16. The zero-order valence-electron chi connectivity index (χ0n) is 15.1. The number of amides is 1. The highest BCUT2D eigenvalue weighted by Crippen LogP contribution is 2.53. The van der Waals surface area contributed by atoms with E-state index in [4.69, 9.17) is 14.9 Å². The van der Waals surface area contributed by atoms with Gasteiger partial charge in [-0.2, -0.15) is 0 Å². The first-order valence-corrected chi connectivity index (χ1v) is 9.60. The van der Waals surface area contributed by atoms with E-state index in [2.05, 4.69) is 0 Å². The van der Waals surface area contributed by atoms with Gasteiger partial charge in [-0.05, 0) is 38.1 Å². The molecule has 2 aromatic rings. The smallest absolute Gasteiger partial charge is 0.253 e. The van der Waals surface area contributed by atoms with E-state index in [-0.39, 0.29) is 0 Å². The van der Waals surface area contributed by atoms with Gasteiger partial charge in [0.25, 0.3) is 5.92 Å². The Balaban J connectivity index is 1.49. The van der Waals surface area contributed by atoms with Crippen LogP contribution in [0.15, 0.2) is 39.3 Å². The van der Waals surface area contributed by atoms with Crippen molar-refractivity contribution in [2.45, 2.75) is 38.2 Å². The average molecular weight is 394 g/mol. The van der Waals surface area contributed by atoms with Gasteiger partial charge in [0.2, 0.25) is 5.91 Å². The van der Waals surface area contributed by atoms with Gasteiger partial charge in [0.1, 0.15) is 29.2 Å². The Bertz CT molecular complexity index is 946. The van der Waals surface area contributed by atoms with Crippen molar-refractivity contribution in [3.8, 4) is 5.75 Å². The van der Waals surface area contributed by atoms with E-state index in [0.29, 0.717) is 18.2 Å². The van der Waals surface area contributed by atoms with Crippen molar-refractivity contribution >= 4 is 28.6 Å². The second-order valence-corrected chi connectivity index (χ2v) is 8.20. The summed E-state index contributed by atoms with van der Waals surface area (Å²) in [6, 6.07) is 7.52. The van der Waals surface area contributed by atoms with Gasteiger partial charge in [0.05, 0.1) is 5.88 Å². The van der Waals surface area contributed by atoms with Gasteiger partial charge in [-0.3, -0.25) is 4.79 Å². The molecule has 1 saturated carbocycles. The second kappa shape index (κ2) is 6.15.